The molecule has 1 atom stereocenters. The number of hydrogen-bond donors (Lipinski definition) is 2. The van der Waals surface area contributed by atoms with E-state index in [1.165, 1.54) is 7.11 Å². The van der Waals surface area contributed by atoms with E-state index < -0.39 is 6.04 Å². The van der Waals surface area contributed by atoms with Gasteiger partial charge in [0, 0.05) is 6.54 Å². The highest BCUT2D eigenvalue weighted by atomic mass is 32.2. The van der Waals surface area contributed by atoms with E-state index in [-0.39, 0.29) is 11.8 Å². The van der Waals surface area contributed by atoms with E-state index in [4.69, 9.17) is 14.2 Å². The third-order valence-electron chi connectivity index (χ3n) is 5.03. The summed E-state index contributed by atoms with van der Waals surface area (Å²) in [6.07, 6.45) is 4.51. The Morgan fingerprint density at radius 3 is 2.48 bits per heavy atom. The lowest BCUT2D eigenvalue weighted by Gasteiger charge is -2.19. The van der Waals surface area contributed by atoms with E-state index in [2.05, 4.69) is 17.6 Å². The summed E-state index contributed by atoms with van der Waals surface area (Å²) in [6.45, 7) is 3.05. The molecule has 180 valence electrons. The zero-order valence-electron chi connectivity index (χ0n) is 19.8. The van der Waals surface area contributed by atoms with E-state index >= 15 is 0 Å². The fraction of sp³-hybridized carbons (Fsp3) is 0.440. The molecule has 0 aliphatic heterocycles. The topological polar surface area (TPSA) is 85.9 Å². The van der Waals surface area contributed by atoms with Crippen LogP contribution in [0.15, 0.2) is 42.5 Å². The van der Waals surface area contributed by atoms with Gasteiger partial charge >= 0.3 is 0 Å². The van der Waals surface area contributed by atoms with Crippen molar-refractivity contribution in [2.24, 2.45) is 0 Å². The van der Waals surface area contributed by atoms with Gasteiger partial charge in [-0.2, -0.15) is 11.8 Å². The van der Waals surface area contributed by atoms with E-state index in [9.17, 15) is 9.59 Å². The van der Waals surface area contributed by atoms with Crippen LogP contribution in [0, 0.1) is 0 Å². The van der Waals surface area contributed by atoms with Gasteiger partial charge in [0.15, 0.2) is 11.5 Å². The molecule has 2 rings (SSSR count). The van der Waals surface area contributed by atoms with E-state index in [0.717, 1.165) is 24.2 Å². The number of para-hydroxylation sites is 1. The highest BCUT2D eigenvalue weighted by Gasteiger charge is 2.22. The van der Waals surface area contributed by atoms with Crippen LogP contribution in [0.3, 0.4) is 0 Å². The normalized spacial score (nSPS) is 11.4. The molecular formula is C25H34N2O5S. The number of rotatable bonds is 14. The van der Waals surface area contributed by atoms with E-state index in [1.54, 1.807) is 43.1 Å². The van der Waals surface area contributed by atoms with Crippen LogP contribution in [0.2, 0.25) is 0 Å². The van der Waals surface area contributed by atoms with Crippen molar-refractivity contribution in [3.8, 4) is 17.2 Å². The molecule has 2 amide bonds. The van der Waals surface area contributed by atoms with E-state index in [1.807, 2.05) is 24.5 Å². The molecule has 0 saturated heterocycles. The summed E-state index contributed by atoms with van der Waals surface area (Å²) in [6, 6.07) is 11.9. The third kappa shape index (κ3) is 8.20. The molecule has 0 heterocycles. The first-order chi connectivity index (χ1) is 16.0. The smallest absolute Gasteiger partial charge is 0.255 e. The minimum absolute atomic E-state index is 0.241. The van der Waals surface area contributed by atoms with Gasteiger partial charge in [-0.05, 0) is 54.7 Å². The average molecular weight is 475 g/mol. The van der Waals surface area contributed by atoms with Crippen molar-refractivity contribution >= 4 is 23.6 Å². The predicted octanol–water partition coefficient (Wildman–Crippen LogP) is 4.05. The standard InChI is InChI=1S/C25H34N2O5S/c1-5-6-14-32-22-12-11-18(16-23(22)31-3)17-26-25(29)20(13-15-33-4)27-24(28)19-9-7-8-10-21(19)30-2/h7-12,16,20H,5-6,13-15,17H2,1-4H3,(H,26,29)(H,27,28). The van der Waals surface area contributed by atoms with Crippen LogP contribution in [-0.4, -0.2) is 50.7 Å². The fourth-order valence-corrected chi connectivity index (χ4v) is 3.62. The molecule has 8 heteroatoms. The summed E-state index contributed by atoms with van der Waals surface area (Å²) in [5.41, 5.74) is 1.27. The number of unbranched alkanes of at least 4 members (excludes halogenated alkanes) is 1. The Hall–Kier alpha value is -2.87. The second-order valence-electron chi connectivity index (χ2n) is 7.41. The summed E-state index contributed by atoms with van der Waals surface area (Å²) in [5, 5.41) is 5.78. The molecular weight excluding hydrogens is 440 g/mol. The number of amides is 2. The number of ether oxygens (including phenoxy) is 3. The fourth-order valence-electron chi connectivity index (χ4n) is 3.15. The van der Waals surface area contributed by atoms with Crippen molar-refractivity contribution in [2.45, 2.75) is 38.8 Å². The van der Waals surface area contributed by atoms with Crippen molar-refractivity contribution in [1.29, 1.82) is 0 Å². The van der Waals surface area contributed by atoms with Gasteiger partial charge in [0.25, 0.3) is 5.91 Å². The number of hydrogen-bond acceptors (Lipinski definition) is 6. The van der Waals surface area contributed by atoms with Crippen molar-refractivity contribution in [2.75, 3.05) is 32.8 Å². The lowest BCUT2D eigenvalue weighted by molar-refractivity contribution is -0.123. The van der Waals surface area contributed by atoms with Crippen LogP contribution in [-0.2, 0) is 11.3 Å². The maximum Gasteiger partial charge on any atom is 0.255 e. The zero-order chi connectivity index (χ0) is 24.1. The van der Waals surface area contributed by atoms with Gasteiger partial charge in [0.05, 0.1) is 26.4 Å². The van der Waals surface area contributed by atoms with Crippen LogP contribution < -0.4 is 24.8 Å². The Morgan fingerprint density at radius 2 is 1.79 bits per heavy atom. The quantitative estimate of drug-likeness (QED) is 0.402. The van der Waals surface area contributed by atoms with Crippen molar-refractivity contribution in [3.05, 3.63) is 53.6 Å². The molecule has 0 radical (unpaired) electrons. The first kappa shape index (κ1) is 26.4. The molecule has 2 aromatic carbocycles. The number of carbonyl (C=O) groups excluding carboxylic acids is 2. The molecule has 0 saturated carbocycles. The number of carbonyl (C=O) groups is 2. The lowest BCUT2D eigenvalue weighted by atomic mass is 10.1. The summed E-state index contributed by atoms with van der Waals surface area (Å²) in [5.74, 6) is 1.93. The first-order valence-corrected chi connectivity index (χ1v) is 12.4. The van der Waals surface area contributed by atoms with Gasteiger partial charge in [0.2, 0.25) is 5.91 Å². The van der Waals surface area contributed by atoms with Gasteiger partial charge in [-0.3, -0.25) is 9.59 Å². The molecule has 0 aliphatic rings. The third-order valence-corrected chi connectivity index (χ3v) is 5.68. The Labute approximate surface area is 200 Å². The van der Waals surface area contributed by atoms with Crippen LogP contribution in [0.25, 0.3) is 0 Å². The van der Waals surface area contributed by atoms with Crippen molar-refractivity contribution < 1.29 is 23.8 Å². The Balaban J connectivity index is 2.03. The van der Waals surface area contributed by atoms with Gasteiger partial charge in [-0.25, -0.2) is 0 Å². The van der Waals surface area contributed by atoms with Crippen molar-refractivity contribution in [3.63, 3.8) is 0 Å². The molecule has 0 aliphatic carbocycles. The summed E-state index contributed by atoms with van der Waals surface area (Å²) >= 11 is 1.62. The molecule has 0 bridgehead atoms. The largest absolute Gasteiger partial charge is 0.496 e. The van der Waals surface area contributed by atoms with Crippen LogP contribution in [0.1, 0.15) is 42.1 Å². The number of nitrogens with one attached hydrogen (secondary N) is 2. The van der Waals surface area contributed by atoms with Gasteiger partial charge in [-0.15, -0.1) is 0 Å². The van der Waals surface area contributed by atoms with Crippen LogP contribution in [0.4, 0.5) is 0 Å². The number of methoxy groups -OCH3 is 2. The summed E-state index contributed by atoms with van der Waals surface area (Å²) in [4.78, 5) is 25.7. The minimum atomic E-state index is -0.659. The highest BCUT2D eigenvalue weighted by molar-refractivity contribution is 7.98. The second-order valence-corrected chi connectivity index (χ2v) is 8.40. The Bertz CT molecular complexity index is 906. The molecule has 0 fully saturated rings. The van der Waals surface area contributed by atoms with Crippen molar-refractivity contribution in [1.82, 2.24) is 10.6 Å². The molecule has 0 spiro atoms. The van der Waals surface area contributed by atoms with Gasteiger partial charge < -0.3 is 24.8 Å². The maximum absolute atomic E-state index is 12.9. The molecule has 0 aromatic heterocycles. The minimum Gasteiger partial charge on any atom is -0.496 e. The predicted molar refractivity (Wildman–Crippen MR) is 132 cm³/mol. The Kier molecular flexibility index (Phi) is 11.4. The maximum atomic E-state index is 12.9. The Morgan fingerprint density at radius 1 is 1.03 bits per heavy atom. The molecule has 33 heavy (non-hydrogen) atoms. The molecule has 1 unspecified atom stereocenters. The van der Waals surface area contributed by atoms with Gasteiger partial charge in [0.1, 0.15) is 11.8 Å². The monoisotopic (exact) mass is 474 g/mol. The summed E-state index contributed by atoms with van der Waals surface area (Å²) in [7, 11) is 3.11. The second kappa shape index (κ2) is 14.3. The molecule has 2 aromatic rings. The van der Waals surface area contributed by atoms with Gasteiger partial charge in [-0.1, -0.05) is 31.5 Å². The summed E-state index contributed by atoms with van der Waals surface area (Å²) < 4.78 is 16.5. The SMILES string of the molecule is CCCCOc1ccc(CNC(=O)C(CCSC)NC(=O)c2ccccc2OC)cc1OC. The first-order valence-electron chi connectivity index (χ1n) is 11.0. The van der Waals surface area contributed by atoms with E-state index in [0.29, 0.717) is 42.4 Å². The molecule has 7 nitrogen and oxygen atoms in total. The lowest BCUT2D eigenvalue weighted by Crippen LogP contribution is -2.47. The average Bonchev–Trinajstić information content (AvgIpc) is 2.85. The number of benzene rings is 2. The van der Waals surface area contributed by atoms with Crippen LogP contribution >= 0.6 is 11.8 Å². The number of thioether (sulfide) groups is 1. The molecule has 2 N–H and O–H groups in total. The zero-order valence-corrected chi connectivity index (χ0v) is 20.6. The van der Waals surface area contributed by atoms with Crippen LogP contribution in [0.5, 0.6) is 17.2 Å². The highest BCUT2D eigenvalue weighted by Crippen LogP contribution is 2.28.